The van der Waals surface area contributed by atoms with Gasteiger partial charge in [-0.1, -0.05) is 23.7 Å². The number of H-pyrrole nitrogens is 2. The number of piperidine rings is 1. The first-order valence-corrected chi connectivity index (χ1v) is 11.7. The Morgan fingerprint density at radius 1 is 1.11 bits per heavy atom. The first-order valence-electron chi connectivity index (χ1n) is 11.3. The highest BCUT2D eigenvalue weighted by Gasteiger charge is 2.40. The Kier molecular flexibility index (Phi) is 6.64. The summed E-state index contributed by atoms with van der Waals surface area (Å²) in [5.74, 6) is -1.02. The van der Waals surface area contributed by atoms with Gasteiger partial charge in [0.25, 0.3) is 0 Å². The van der Waals surface area contributed by atoms with Crippen molar-refractivity contribution in [2.24, 2.45) is 0 Å². The number of amides is 1. The van der Waals surface area contributed by atoms with Crippen LogP contribution in [0, 0.1) is 5.82 Å². The molecular formula is C25H27ClFN3O5. The number of halogens is 2. The number of nitrogens with one attached hydrogen (secondary N) is 2. The number of imidazole rings is 1. The molecule has 10 heteroatoms. The molecule has 2 N–H and O–H groups in total. The molecule has 0 unspecified atom stereocenters. The third kappa shape index (κ3) is 5.51. The third-order valence-electron chi connectivity index (χ3n) is 6.12. The smallest absolute Gasteiger partial charge is 0.410 e. The molecule has 1 aromatic heterocycles. The lowest BCUT2D eigenvalue weighted by molar-refractivity contribution is 0.00613. The van der Waals surface area contributed by atoms with Gasteiger partial charge in [0.1, 0.15) is 18.0 Å². The molecule has 0 saturated carbocycles. The van der Waals surface area contributed by atoms with E-state index in [2.05, 4.69) is 9.97 Å². The molecule has 2 heterocycles. The molecule has 1 fully saturated rings. The monoisotopic (exact) mass is 503 g/mol. The average Bonchev–Trinajstić information content (AvgIpc) is 3.16. The second-order valence-corrected chi connectivity index (χ2v) is 10.2. The summed E-state index contributed by atoms with van der Waals surface area (Å²) in [5, 5.41) is 0.276. The second-order valence-electron chi connectivity index (χ2n) is 9.79. The minimum Gasteiger partial charge on any atom is -0.461 e. The van der Waals surface area contributed by atoms with Crippen LogP contribution in [-0.2, 0) is 14.9 Å². The van der Waals surface area contributed by atoms with Crippen LogP contribution in [0.1, 0.15) is 49.5 Å². The highest BCUT2D eigenvalue weighted by atomic mass is 35.5. The van der Waals surface area contributed by atoms with Crippen LogP contribution < -0.4 is 5.69 Å². The van der Waals surface area contributed by atoms with Gasteiger partial charge in [-0.05, 0) is 63.4 Å². The fourth-order valence-electron chi connectivity index (χ4n) is 4.31. The standard InChI is InChI=1S/C25H27ClFN3O5/c1-24(2,3)35-23(33)30-10-8-25(9-11-30,15-4-6-17(27)7-5-15)14-34-21(31)18-12-16(26)13-19-20(18)29-22(32)28-19/h4-7,12-13H,8-11,14H2,1-3H3,(H2,28,29,32). The van der Waals surface area contributed by atoms with E-state index in [1.807, 2.05) is 20.8 Å². The lowest BCUT2D eigenvalue weighted by Gasteiger charge is -2.42. The van der Waals surface area contributed by atoms with Crippen molar-refractivity contribution in [2.75, 3.05) is 19.7 Å². The number of ether oxygens (including phenoxy) is 2. The van der Waals surface area contributed by atoms with E-state index < -0.39 is 28.8 Å². The summed E-state index contributed by atoms with van der Waals surface area (Å²) in [5.41, 5.74) is -0.0693. The van der Waals surface area contributed by atoms with Crippen LogP contribution in [0.15, 0.2) is 41.2 Å². The number of esters is 1. The van der Waals surface area contributed by atoms with Crippen molar-refractivity contribution < 1.29 is 23.5 Å². The molecule has 4 rings (SSSR count). The number of carbonyl (C=O) groups excluding carboxylic acids is 2. The highest BCUT2D eigenvalue weighted by molar-refractivity contribution is 6.31. The van der Waals surface area contributed by atoms with E-state index in [0.717, 1.165) is 5.56 Å². The van der Waals surface area contributed by atoms with Gasteiger partial charge in [0.15, 0.2) is 0 Å². The molecule has 2 aromatic carbocycles. The minimum atomic E-state index is -0.649. The summed E-state index contributed by atoms with van der Waals surface area (Å²) in [6.07, 6.45) is 0.564. The van der Waals surface area contributed by atoms with Gasteiger partial charge in [-0.2, -0.15) is 0 Å². The number of fused-ring (bicyclic) bond motifs is 1. The third-order valence-corrected chi connectivity index (χ3v) is 6.34. The van der Waals surface area contributed by atoms with E-state index in [1.165, 1.54) is 24.3 Å². The zero-order valence-corrected chi connectivity index (χ0v) is 20.5. The van der Waals surface area contributed by atoms with Crippen LogP contribution in [0.4, 0.5) is 9.18 Å². The number of aromatic nitrogens is 2. The summed E-state index contributed by atoms with van der Waals surface area (Å²) >= 11 is 6.13. The molecule has 3 aromatic rings. The van der Waals surface area contributed by atoms with Crippen LogP contribution >= 0.6 is 11.6 Å². The van der Waals surface area contributed by atoms with E-state index in [-0.39, 0.29) is 23.0 Å². The van der Waals surface area contributed by atoms with E-state index in [1.54, 1.807) is 17.0 Å². The van der Waals surface area contributed by atoms with E-state index in [0.29, 0.717) is 37.0 Å². The van der Waals surface area contributed by atoms with E-state index in [9.17, 15) is 18.8 Å². The Morgan fingerprint density at radius 3 is 2.40 bits per heavy atom. The molecule has 0 radical (unpaired) electrons. The maximum absolute atomic E-state index is 13.6. The lowest BCUT2D eigenvalue weighted by atomic mass is 9.73. The van der Waals surface area contributed by atoms with Crippen molar-refractivity contribution in [1.29, 1.82) is 0 Å². The number of hydrogen-bond donors (Lipinski definition) is 2. The van der Waals surface area contributed by atoms with Crippen molar-refractivity contribution in [3.8, 4) is 0 Å². The van der Waals surface area contributed by atoms with Crippen molar-refractivity contribution in [3.05, 3.63) is 68.8 Å². The predicted octanol–water partition coefficient (Wildman–Crippen LogP) is 4.77. The summed E-state index contributed by atoms with van der Waals surface area (Å²) in [6.45, 7) is 6.19. The molecule has 0 atom stereocenters. The zero-order valence-electron chi connectivity index (χ0n) is 19.7. The number of likely N-dealkylation sites (tertiary alicyclic amines) is 1. The number of hydrogen-bond acceptors (Lipinski definition) is 5. The van der Waals surface area contributed by atoms with Gasteiger partial charge in [0.2, 0.25) is 0 Å². The van der Waals surface area contributed by atoms with Gasteiger partial charge < -0.3 is 24.3 Å². The van der Waals surface area contributed by atoms with Gasteiger partial charge in [-0.25, -0.2) is 18.8 Å². The molecule has 1 amide bonds. The predicted molar refractivity (Wildman–Crippen MR) is 129 cm³/mol. The number of aromatic amines is 2. The minimum absolute atomic E-state index is 0.00227. The van der Waals surface area contributed by atoms with E-state index >= 15 is 0 Å². The molecule has 35 heavy (non-hydrogen) atoms. The van der Waals surface area contributed by atoms with Gasteiger partial charge in [-0.3, -0.25) is 0 Å². The molecule has 0 spiro atoms. The highest BCUT2D eigenvalue weighted by Crippen LogP contribution is 2.37. The molecule has 0 aliphatic carbocycles. The average molecular weight is 504 g/mol. The normalized spacial score (nSPS) is 15.7. The Labute approximate surface area is 206 Å². The molecular weight excluding hydrogens is 477 g/mol. The molecule has 186 valence electrons. The Balaban J connectivity index is 1.56. The van der Waals surface area contributed by atoms with Crippen molar-refractivity contribution in [3.63, 3.8) is 0 Å². The van der Waals surface area contributed by atoms with Crippen LogP contribution in [-0.4, -0.2) is 52.2 Å². The Bertz CT molecular complexity index is 1300. The van der Waals surface area contributed by atoms with Crippen LogP contribution in [0.2, 0.25) is 5.02 Å². The summed E-state index contributed by atoms with van der Waals surface area (Å²) in [7, 11) is 0. The molecule has 1 aliphatic rings. The summed E-state index contributed by atoms with van der Waals surface area (Å²) < 4.78 is 24.9. The summed E-state index contributed by atoms with van der Waals surface area (Å²) in [4.78, 5) is 44.1. The van der Waals surface area contributed by atoms with Crippen molar-refractivity contribution in [1.82, 2.24) is 14.9 Å². The largest absolute Gasteiger partial charge is 0.461 e. The first kappa shape index (κ1) is 24.8. The number of benzene rings is 2. The maximum Gasteiger partial charge on any atom is 0.410 e. The van der Waals surface area contributed by atoms with Gasteiger partial charge in [-0.15, -0.1) is 0 Å². The first-order chi connectivity index (χ1) is 16.5. The Morgan fingerprint density at radius 2 is 1.77 bits per heavy atom. The second kappa shape index (κ2) is 9.37. The lowest BCUT2D eigenvalue weighted by Crippen LogP contribution is -2.48. The molecule has 0 bridgehead atoms. The van der Waals surface area contributed by atoms with Crippen LogP contribution in [0.25, 0.3) is 11.0 Å². The maximum atomic E-state index is 13.6. The Hall–Kier alpha value is -3.33. The van der Waals surface area contributed by atoms with Gasteiger partial charge >= 0.3 is 17.8 Å². The number of rotatable bonds is 4. The number of carbonyl (C=O) groups is 2. The van der Waals surface area contributed by atoms with Gasteiger partial charge in [0, 0.05) is 23.5 Å². The quantitative estimate of drug-likeness (QED) is 0.499. The molecule has 1 aliphatic heterocycles. The van der Waals surface area contributed by atoms with Crippen molar-refractivity contribution >= 4 is 34.7 Å². The number of nitrogens with zero attached hydrogens (tertiary/aromatic N) is 1. The van der Waals surface area contributed by atoms with E-state index in [4.69, 9.17) is 21.1 Å². The van der Waals surface area contributed by atoms with Gasteiger partial charge in [0.05, 0.1) is 16.6 Å². The van der Waals surface area contributed by atoms with Crippen LogP contribution in [0.5, 0.6) is 0 Å². The topological polar surface area (TPSA) is 104 Å². The fraction of sp³-hybridized carbons (Fsp3) is 0.400. The fourth-order valence-corrected chi connectivity index (χ4v) is 4.53. The molecule has 1 saturated heterocycles. The van der Waals surface area contributed by atoms with Crippen molar-refractivity contribution in [2.45, 2.75) is 44.6 Å². The SMILES string of the molecule is CC(C)(C)OC(=O)N1CCC(COC(=O)c2cc(Cl)cc3[nH]c(=O)[nH]c23)(c2ccc(F)cc2)CC1. The zero-order chi connectivity index (χ0) is 25.4. The van der Waals surface area contributed by atoms with Crippen LogP contribution in [0.3, 0.4) is 0 Å². The molecule has 8 nitrogen and oxygen atoms in total. The summed E-state index contributed by atoms with van der Waals surface area (Å²) in [6, 6.07) is 9.05.